The van der Waals surface area contributed by atoms with Crippen molar-refractivity contribution < 1.29 is 9.59 Å². The van der Waals surface area contributed by atoms with Crippen molar-refractivity contribution in [3.05, 3.63) is 72.4 Å². The van der Waals surface area contributed by atoms with E-state index >= 15 is 0 Å². The van der Waals surface area contributed by atoms with Crippen LogP contribution in [0.2, 0.25) is 0 Å². The van der Waals surface area contributed by atoms with Crippen LogP contribution >= 0.6 is 0 Å². The molecule has 3 aromatic heterocycles. The van der Waals surface area contributed by atoms with Gasteiger partial charge in [0.15, 0.2) is 0 Å². The number of aromatic nitrogens is 4. The fourth-order valence-corrected chi connectivity index (χ4v) is 4.55. The predicted molar refractivity (Wildman–Crippen MR) is 137 cm³/mol. The number of amides is 2. The number of anilines is 2. The molecule has 1 aliphatic rings. The van der Waals surface area contributed by atoms with Gasteiger partial charge in [0.05, 0.1) is 6.04 Å². The van der Waals surface area contributed by atoms with Crippen LogP contribution in [0.4, 0.5) is 11.6 Å². The number of hydrogen-bond donors (Lipinski definition) is 2. The second kappa shape index (κ2) is 9.88. The maximum Gasteiger partial charge on any atom is 0.299 e. The number of imidazole rings is 1. The van der Waals surface area contributed by atoms with Crippen molar-refractivity contribution in [1.29, 1.82) is 0 Å². The Labute approximate surface area is 208 Å². The number of likely N-dealkylation sites (tertiary alicyclic amines) is 1. The number of piperidine rings is 1. The van der Waals surface area contributed by atoms with Crippen molar-refractivity contribution in [2.24, 2.45) is 0 Å². The first-order valence-electron chi connectivity index (χ1n) is 11.8. The first-order chi connectivity index (χ1) is 17.6. The molecular weight excluding hydrogens is 454 g/mol. The van der Waals surface area contributed by atoms with Crippen LogP contribution in [0.15, 0.2) is 61.1 Å². The number of nitrogens with zero attached hydrogens (tertiary/aromatic N) is 5. The second-order valence-corrected chi connectivity index (χ2v) is 8.48. The molecule has 2 amide bonds. The van der Waals surface area contributed by atoms with Crippen molar-refractivity contribution in [1.82, 2.24) is 24.3 Å². The highest BCUT2D eigenvalue weighted by Gasteiger charge is 2.32. The summed E-state index contributed by atoms with van der Waals surface area (Å²) in [6, 6.07) is 12.2. The van der Waals surface area contributed by atoms with Gasteiger partial charge in [-0.15, -0.1) is 0 Å². The lowest BCUT2D eigenvalue weighted by Crippen LogP contribution is -2.38. The Morgan fingerprint density at radius 3 is 2.67 bits per heavy atom. The Hall–Kier alpha value is -4.71. The van der Waals surface area contributed by atoms with E-state index in [1.54, 1.807) is 54.5 Å². The molecule has 5 rings (SSSR count). The van der Waals surface area contributed by atoms with Gasteiger partial charge in [-0.1, -0.05) is 24.1 Å². The van der Waals surface area contributed by atoms with E-state index in [-0.39, 0.29) is 17.9 Å². The fraction of sp³-hybridized carbons (Fsp3) is 0.222. The highest BCUT2D eigenvalue weighted by molar-refractivity contribution is 6.04. The highest BCUT2D eigenvalue weighted by Crippen LogP contribution is 2.35. The van der Waals surface area contributed by atoms with Crippen LogP contribution in [0.3, 0.4) is 0 Å². The lowest BCUT2D eigenvalue weighted by Gasteiger charge is -2.33. The summed E-state index contributed by atoms with van der Waals surface area (Å²) < 4.78 is 1.91. The van der Waals surface area contributed by atoms with Crippen LogP contribution in [-0.4, -0.2) is 42.6 Å². The first kappa shape index (κ1) is 23.1. The van der Waals surface area contributed by atoms with Gasteiger partial charge in [-0.05, 0) is 56.4 Å². The molecular formula is C27H25N7O2. The Balaban J connectivity index is 1.52. The summed E-state index contributed by atoms with van der Waals surface area (Å²) in [5.41, 5.74) is 8.88. The van der Waals surface area contributed by atoms with E-state index in [1.807, 2.05) is 22.7 Å². The molecule has 1 saturated heterocycles. The lowest BCUT2D eigenvalue weighted by atomic mass is 10.0. The van der Waals surface area contributed by atoms with E-state index in [4.69, 9.17) is 10.7 Å². The summed E-state index contributed by atoms with van der Waals surface area (Å²) in [5, 5.41) is 2.78. The van der Waals surface area contributed by atoms with Crippen LogP contribution < -0.4 is 11.1 Å². The molecule has 4 aromatic rings. The number of carbonyl (C=O) groups excluding carboxylic acids is 2. The number of fused-ring (bicyclic) bond motifs is 1. The molecule has 9 heteroatoms. The number of carbonyl (C=O) groups is 2. The van der Waals surface area contributed by atoms with Crippen molar-refractivity contribution >= 4 is 29.0 Å². The Morgan fingerprint density at radius 1 is 1.08 bits per heavy atom. The normalized spacial score (nSPS) is 15.2. The van der Waals surface area contributed by atoms with E-state index in [2.05, 4.69) is 27.1 Å². The molecule has 1 atom stereocenters. The van der Waals surface area contributed by atoms with Crippen LogP contribution in [0.25, 0.3) is 16.8 Å². The summed E-state index contributed by atoms with van der Waals surface area (Å²) in [4.78, 5) is 40.5. The van der Waals surface area contributed by atoms with Crippen LogP contribution in [0, 0.1) is 11.8 Å². The van der Waals surface area contributed by atoms with Gasteiger partial charge < -0.3 is 16.0 Å². The zero-order chi connectivity index (χ0) is 25.1. The molecule has 0 spiro atoms. The van der Waals surface area contributed by atoms with Gasteiger partial charge in [-0.2, -0.15) is 0 Å². The largest absolute Gasteiger partial charge is 0.382 e. The zero-order valence-electron chi connectivity index (χ0n) is 19.8. The molecule has 1 fully saturated rings. The summed E-state index contributed by atoms with van der Waals surface area (Å²) in [5.74, 6) is 6.45. The molecule has 0 unspecified atom stereocenters. The molecule has 0 bridgehead atoms. The van der Waals surface area contributed by atoms with Gasteiger partial charge in [0.2, 0.25) is 0 Å². The van der Waals surface area contributed by atoms with E-state index < -0.39 is 0 Å². The van der Waals surface area contributed by atoms with Crippen molar-refractivity contribution in [3.63, 3.8) is 0 Å². The van der Waals surface area contributed by atoms with Crippen molar-refractivity contribution in [2.75, 3.05) is 17.6 Å². The van der Waals surface area contributed by atoms with Gasteiger partial charge >= 0.3 is 0 Å². The number of nitrogens with two attached hydrogens (primary N) is 1. The molecule has 0 aliphatic carbocycles. The Morgan fingerprint density at radius 2 is 1.92 bits per heavy atom. The quantitative estimate of drug-likeness (QED) is 0.431. The molecule has 4 heterocycles. The van der Waals surface area contributed by atoms with Crippen LogP contribution in [0.5, 0.6) is 0 Å². The average Bonchev–Trinajstić information content (AvgIpc) is 3.30. The third kappa shape index (κ3) is 4.36. The topological polar surface area (TPSA) is 119 Å². The lowest BCUT2D eigenvalue weighted by molar-refractivity contribution is -0.129. The van der Waals surface area contributed by atoms with Crippen molar-refractivity contribution in [3.8, 4) is 23.1 Å². The van der Waals surface area contributed by atoms with E-state index in [0.717, 1.165) is 30.7 Å². The van der Waals surface area contributed by atoms with E-state index in [1.165, 1.54) is 0 Å². The molecule has 3 N–H and O–H groups in total. The maximum atomic E-state index is 12.7. The summed E-state index contributed by atoms with van der Waals surface area (Å²) in [6.07, 6.45) is 7.76. The van der Waals surface area contributed by atoms with E-state index in [9.17, 15) is 9.59 Å². The molecule has 0 saturated carbocycles. The Bertz CT molecular complexity index is 1480. The SMILES string of the molecule is CC#CC(=O)N1CCCC[C@H]1c1nc(-c2ccc(C(=O)Nc3ccccn3)cc2)c2c(N)nccn12. The molecule has 9 nitrogen and oxygen atoms in total. The molecule has 0 radical (unpaired) electrons. The minimum Gasteiger partial charge on any atom is -0.382 e. The minimum absolute atomic E-state index is 0.203. The summed E-state index contributed by atoms with van der Waals surface area (Å²) in [6.45, 7) is 2.29. The smallest absolute Gasteiger partial charge is 0.299 e. The third-order valence-electron chi connectivity index (χ3n) is 6.23. The van der Waals surface area contributed by atoms with E-state index in [0.29, 0.717) is 35.0 Å². The molecule has 180 valence electrons. The number of hydrogen-bond acceptors (Lipinski definition) is 6. The molecule has 1 aliphatic heterocycles. The standard InChI is InChI=1S/C27H25N7O2/c1-2-7-22(35)33-16-6-4-8-20(33)26-32-23(24-25(28)30-15-17-34(24)26)18-10-12-19(13-11-18)27(36)31-21-9-3-5-14-29-21/h3,5,9-15,17,20H,4,6,8,16H2,1H3,(H2,28,30)(H,29,31,36)/t20-/m0/s1. The zero-order valence-corrected chi connectivity index (χ0v) is 19.8. The van der Waals surface area contributed by atoms with Gasteiger partial charge in [0, 0.05) is 36.3 Å². The van der Waals surface area contributed by atoms with Gasteiger partial charge in [-0.3, -0.25) is 14.0 Å². The fourth-order valence-electron chi connectivity index (χ4n) is 4.55. The van der Waals surface area contributed by atoms with Crippen molar-refractivity contribution in [2.45, 2.75) is 32.2 Å². The maximum absolute atomic E-state index is 12.7. The third-order valence-corrected chi connectivity index (χ3v) is 6.23. The summed E-state index contributed by atoms with van der Waals surface area (Å²) in [7, 11) is 0. The Kier molecular flexibility index (Phi) is 6.33. The number of pyridine rings is 1. The highest BCUT2D eigenvalue weighted by atomic mass is 16.2. The number of nitrogens with one attached hydrogen (secondary N) is 1. The number of nitrogen functional groups attached to an aromatic ring is 1. The van der Waals surface area contributed by atoms with Gasteiger partial charge in [0.1, 0.15) is 28.7 Å². The minimum atomic E-state index is -0.259. The van der Waals surface area contributed by atoms with Crippen LogP contribution in [0.1, 0.15) is 48.4 Å². The van der Waals surface area contributed by atoms with Gasteiger partial charge in [0.25, 0.3) is 11.8 Å². The molecule has 1 aromatic carbocycles. The first-order valence-corrected chi connectivity index (χ1v) is 11.8. The number of rotatable bonds is 4. The average molecular weight is 480 g/mol. The monoisotopic (exact) mass is 479 g/mol. The summed E-state index contributed by atoms with van der Waals surface area (Å²) >= 11 is 0. The predicted octanol–water partition coefficient (Wildman–Crippen LogP) is 3.70. The molecule has 36 heavy (non-hydrogen) atoms. The van der Waals surface area contributed by atoms with Gasteiger partial charge in [-0.25, -0.2) is 15.0 Å². The van der Waals surface area contributed by atoms with Crippen LogP contribution in [-0.2, 0) is 4.79 Å². The second-order valence-electron chi connectivity index (χ2n) is 8.48. The number of benzene rings is 1.